The van der Waals surface area contributed by atoms with E-state index in [0.29, 0.717) is 5.92 Å². The summed E-state index contributed by atoms with van der Waals surface area (Å²) in [5.74, 6) is 0.666. The zero-order chi connectivity index (χ0) is 16.8. The van der Waals surface area contributed by atoms with Crippen LogP contribution in [0.2, 0.25) is 13.1 Å². The minimum Gasteiger partial charge on any atom is -1.00 e. The van der Waals surface area contributed by atoms with Crippen LogP contribution in [0, 0.1) is 5.92 Å². The molecule has 0 saturated heterocycles. The van der Waals surface area contributed by atoms with Crippen LogP contribution in [0.1, 0.15) is 28.6 Å². The summed E-state index contributed by atoms with van der Waals surface area (Å²) >= 11 is -1.81. The second kappa shape index (κ2) is 8.74. The number of hydrogen-bond donors (Lipinski definition) is 0. The average molecular weight is 479 g/mol. The third-order valence-corrected chi connectivity index (χ3v) is 24.3. The number of fused-ring (bicyclic) bond motifs is 3. The molecule has 0 aliphatic heterocycles. The molecule has 1 atom stereocenters. The third kappa shape index (κ3) is 3.51. The summed E-state index contributed by atoms with van der Waals surface area (Å²) in [5.41, 5.74) is 7.54. The Labute approximate surface area is 177 Å². The molecular formula is C22H24Cl2SiZr. The Kier molecular flexibility index (Phi) is 7.36. The van der Waals surface area contributed by atoms with Crippen molar-refractivity contribution in [1.29, 1.82) is 0 Å². The van der Waals surface area contributed by atoms with Crippen molar-refractivity contribution in [2.75, 3.05) is 0 Å². The van der Waals surface area contributed by atoms with E-state index in [4.69, 9.17) is 0 Å². The molecule has 0 bridgehead atoms. The molecule has 2 aromatic carbocycles. The fourth-order valence-corrected chi connectivity index (χ4v) is 24.4. The van der Waals surface area contributed by atoms with Gasteiger partial charge in [-0.25, -0.2) is 0 Å². The summed E-state index contributed by atoms with van der Waals surface area (Å²) in [7, 11) is 0. The van der Waals surface area contributed by atoms with Crippen LogP contribution in [0.15, 0.2) is 69.5 Å². The van der Waals surface area contributed by atoms with Crippen molar-refractivity contribution in [2.24, 2.45) is 5.92 Å². The second-order valence-electron chi connectivity index (χ2n) is 7.27. The van der Waals surface area contributed by atoms with E-state index < -0.39 is 20.4 Å². The van der Waals surface area contributed by atoms with Gasteiger partial charge < -0.3 is 24.8 Å². The molecule has 134 valence electrons. The van der Waals surface area contributed by atoms with Gasteiger partial charge in [-0.3, -0.25) is 0 Å². The minimum atomic E-state index is -1.81. The molecule has 0 aromatic heterocycles. The summed E-state index contributed by atoms with van der Waals surface area (Å²) < 4.78 is 2.60. The molecule has 4 rings (SSSR count). The third-order valence-electron chi connectivity index (χ3n) is 5.47. The predicted molar refractivity (Wildman–Crippen MR) is 102 cm³/mol. The van der Waals surface area contributed by atoms with Crippen LogP contribution in [0.25, 0.3) is 11.1 Å². The molecule has 0 heterocycles. The standard InChI is InChI=1S/C13H9.C7H9.C2H6Si.2ClH.Zr/c1-3-7-12-10(5-1)9-11-6-2-4-8-13(11)12;1-6-3-4-7(2)5-6;1-3-2;;;/h1-9H;3-4,6H,1-2H3;1-2H3;2*1H;/q;;;;;+2/p-2. The van der Waals surface area contributed by atoms with Crippen LogP contribution < -0.4 is 24.8 Å². The van der Waals surface area contributed by atoms with E-state index in [2.05, 4.69) is 87.6 Å². The maximum atomic E-state index is 2.58. The first kappa shape index (κ1) is 21.9. The molecule has 2 aliphatic rings. The Morgan fingerprint density at radius 3 is 1.77 bits per heavy atom. The van der Waals surface area contributed by atoms with E-state index >= 15 is 0 Å². The first-order valence-electron chi connectivity index (χ1n) is 8.84. The van der Waals surface area contributed by atoms with Crippen LogP contribution in [0.3, 0.4) is 0 Å². The number of allylic oxidation sites excluding steroid dienone is 4. The number of halogens is 2. The van der Waals surface area contributed by atoms with Crippen molar-refractivity contribution in [3.8, 4) is 11.1 Å². The van der Waals surface area contributed by atoms with Gasteiger partial charge in [-0.15, -0.1) is 0 Å². The van der Waals surface area contributed by atoms with E-state index in [-0.39, 0.29) is 30.2 Å². The fraction of sp³-hybridized carbons (Fsp3) is 0.273. The smallest absolute Gasteiger partial charge is 1.00 e. The van der Waals surface area contributed by atoms with Gasteiger partial charge in [0.15, 0.2) is 0 Å². The van der Waals surface area contributed by atoms with Gasteiger partial charge in [0.1, 0.15) is 0 Å². The molecule has 4 heteroatoms. The van der Waals surface area contributed by atoms with E-state index in [1.54, 1.807) is 16.7 Å². The Morgan fingerprint density at radius 2 is 1.35 bits per heavy atom. The summed E-state index contributed by atoms with van der Waals surface area (Å²) in [4.78, 5) is 0. The number of rotatable bonds is 2. The van der Waals surface area contributed by atoms with Crippen molar-refractivity contribution < 1.29 is 45.2 Å². The number of hydrogen-bond acceptors (Lipinski definition) is 0. The molecule has 0 N–H and O–H groups in total. The molecule has 2 aromatic rings. The zero-order valence-corrected chi connectivity index (χ0v) is 20.7. The van der Waals surface area contributed by atoms with Crippen LogP contribution in [0.5, 0.6) is 0 Å². The molecule has 0 nitrogen and oxygen atoms in total. The molecule has 26 heavy (non-hydrogen) atoms. The van der Waals surface area contributed by atoms with Gasteiger partial charge >= 0.3 is 154 Å². The first-order valence-corrected chi connectivity index (χ1v) is 17.7. The van der Waals surface area contributed by atoms with Gasteiger partial charge in [0, 0.05) is 0 Å². The Bertz CT molecular complexity index is 878. The molecule has 1 unspecified atom stereocenters. The molecule has 0 spiro atoms. The predicted octanol–water partition coefficient (Wildman–Crippen LogP) is 0.114. The van der Waals surface area contributed by atoms with Crippen LogP contribution in [-0.4, -0.2) is 5.43 Å². The maximum absolute atomic E-state index is 2.58. The monoisotopic (exact) mass is 476 g/mol. The van der Waals surface area contributed by atoms with E-state index in [9.17, 15) is 0 Å². The first-order chi connectivity index (χ1) is 11.6. The van der Waals surface area contributed by atoms with Gasteiger partial charge in [0.25, 0.3) is 0 Å². The van der Waals surface area contributed by atoms with Crippen LogP contribution in [-0.2, 0) is 20.4 Å². The van der Waals surface area contributed by atoms with Crippen molar-refractivity contribution in [3.05, 3.63) is 80.7 Å². The molecule has 2 aliphatic carbocycles. The summed E-state index contributed by atoms with van der Waals surface area (Å²) in [5, 5.41) is 0. The van der Waals surface area contributed by atoms with Gasteiger partial charge in [-0.05, 0) is 0 Å². The fourth-order valence-electron chi connectivity index (χ4n) is 4.47. The summed E-state index contributed by atoms with van der Waals surface area (Å²) in [6.07, 6.45) is 4.82. The molecule has 0 saturated carbocycles. The van der Waals surface area contributed by atoms with E-state index in [1.165, 1.54) is 11.1 Å². The molecule has 0 radical (unpaired) electrons. The molecular weight excluding hydrogens is 454 g/mol. The Morgan fingerprint density at radius 1 is 0.846 bits per heavy atom. The number of benzene rings is 2. The van der Waals surface area contributed by atoms with Crippen molar-refractivity contribution in [2.45, 2.75) is 30.6 Å². The normalized spacial score (nSPS) is 17.0. The Hall–Kier alpha value is -0.400. The van der Waals surface area contributed by atoms with E-state index in [1.807, 2.05) is 3.28 Å². The van der Waals surface area contributed by atoms with Gasteiger partial charge in [-0.1, -0.05) is 0 Å². The SMILES string of the molecule is CC1=[C]([Zr+2]([CH]2c3ccccc3-c3ccccc32)=[Si](C)C)C(C)C=C1.[Cl-].[Cl-]. The van der Waals surface area contributed by atoms with Crippen LogP contribution >= 0.6 is 0 Å². The molecule has 0 amide bonds. The minimum absolute atomic E-state index is 0. The topological polar surface area (TPSA) is 0 Å². The summed E-state index contributed by atoms with van der Waals surface area (Å²) in [6.45, 7) is 9.93. The van der Waals surface area contributed by atoms with Crippen molar-refractivity contribution in [3.63, 3.8) is 0 Å². The van der Waals surface area contributed by atoms with Gasteiger partial charge in [0.2, 0.25) is 0 Å². The zero-order valence-electron chi connectivity index (χ0n) is 15.7. The van der Waals surface area contributed by atoms with Gasteiger partial charge in [-0.2, -0.15) is 0 Å². The average Bonchev–Trinajstić information content (AvgIpc) is 3.08. The summed E-state index contributed by atoms with van der Waals surface area (Å²) in [6, 6.07) is 18.4. The van der Waals surface area contributed by atoms with Gasteiger partial charge in [0.05, 0.1) is 0 Å². The Balaban J connectivity index is 0.00000121. The maximum Gasteiger partial charge on any atom is -1.00 e. The van der Waals surface area contributed by atoms with E-state index in [0.717, 1.165) is 3.63 Å². The second-order valence-corrected chi connectivity index (χ2v) is 24.6. The van der Waals surface area contributed by atoms with Crippen LogP contribution in [0.4, 0.5) is 0 Å². The van der Waals surface area contributed by atoms with Crippen molar-refractivity contribution in [1.82, 2.24) is 0 Å². The largest absolute Gasteiger partial charge is 1.00 e. The van der Waals surface area contributed by atoms with Crippen molar-refractivity contribution >= 4 is 5.43 Å². The quantitative estimate of drug-likeness (QED) is 0.538. The molecule has 0 fully saturated rings.